The number of carbonyl (C=O) groups excluding carboxylic acids is 1. The van der Waals surface area contributed by atoms with Crippen LogP contribution in [0.15, 0.2) is 42.5 Å². The van der Waals surface area contributed by atoms with Crippen LogP contribution in [0.2, 0.25) is 0 Å². The second kappa shape index (κ2) is 8.43. The van der Waals surface area contributed by atoms with Crippen LogP contribution < -0.4 is 20.9 Å². The van der Waals surface area contributed by atoms with Crippen molar-refractivity contribution in [1.29, 1.82) is 0 Å². The van der Waals surface area contributed by atoms with E-state index in [4.69, 9.17) is 17.0 Å². The van der Waals surface area contributed by atoms with Gasteiger partial charge in [-0.3, -0.25) is 15.6 Å². The number of halogens is 1. The van der Waals surface area contributed by atoms with Gasteiger partial charge in [0.1, 0.15) is 11.6 Å². The lowest BCUT2D eigenvalue weighted by Crippen LogP contribution is -2.48. The van der Waals surface area contributed by atoms with Crippen LogP contribution in [-0.2, 0) is 4.79 Å². The molecule has 0 aliphatic heterocycles. The number of nitrogens with one attached hydrogen (secondary N) is 3. The van der Waals surface area contributed by atoms with E-state index >= 15 is 0 Å². The van der Waals surface area contributed by atoms with Gasteiger partial charge in [-0.2, -0.15) is 0 Å². The average molecular weight is 361 g/mol. The molecule has 3 N–H and O–H groups in total. The zero-order chi connectivity index (χ0) is 18.4. The molecule has 0 aliphatic carbocycles. The van der Waals surface area contributed by atoms with E-state index in [0.29, 0.717) is 5.75 Å². The van der Waals surface area contributed by atoms with Gasteiger partial charge in [0, 0.05) is 0 Å². The summed E-state index contributed by atoms with van der Waals surface area (Å²) in [4.78, 5) is 12.1. The molecule has 5 nitrogen and oxygen atoms in total. The molecule has 2 aromatic carbocycles. The van der Waals surface area contributed by atoms with E-state index in [-0.39, 0.29) is 10.8 Å². The van der Waals surface area contributed by atoms with Gasteiger partial charge in [-0.25, -0.2) is 4.39 Å². The molecule has 0 radical (unpaired) electrons. The fourth-order valence-corrected chi connectivity index (χ4v) is 2.19. The van der Waals surface area contributed by atoms with Crippen molar-refractivity contribution in [2.75, 3.05) is 5.32 Å². The van der Waals surface area contributed by atoms with E-state index in [1.165, 1.54) is 12.1 Å². The first kappa shape index (κ1) is 18.7. The topological polar surface area (TPSA) is 62.4 Å². The van der Waals surface area contributed by atoms with Gasteiger partial charge in [0.2, 0.25) is 0 Å². The number of amides is 1. The number of hydrogen-bond donors (Lipinski definition) is 3. The largest absolute Gasteiger partial charge is 0.481 e. The molecule has 132 valence electrons. The Kier molecular flexibility index (Phi) is 6.30. The highest BCUT2D eigenvalue weighted by molar-refractivity contribution is 7.80. The maximum atomic E-state index is 13.5. The van der Waals surface area contributed by atoms with Gasteiger partial charge in [-0.1, -0.05) is 24.3 Å². The minimum Gasteiger partial charge on any atom is -0.481 e. The molecule has 1 atom stereocenters. The van der Waals surface area contributed by atoms with E-state index in [1.54, 1.807) is 19.1 Å². The Morgan fingerprint density at radius 1 is 1.12 bits per heavy atom. The Morgan fingerprint density at radius 2 is 1.84 bits per heavy atom. The van der Waals surface area contributed by atoms with Gasteiger partial charge in [-0.05, 0) is 62.3 Å². The van der Waals surface area contributed by atoms with Crippen molar-refractivity contribution in [3.8, 4) is 5.75 Å². The van der Waals surface area contributed by atoms with Gasteiger partial charge in [0.05, 0.1) is 5.69 Å². The zero-order valence-electron chi connectivity index (χ0n) is 14.2. The molecule has 2 rings (SSSR count). The number of carbonyl (C=O) groups is 1. The Balaban J connectivity index is 1.86. The lowest BCUT2D eigenvalue weighted by atomic mass is 10.1. The summed E-state index contributed by atoms with van der Waals surface area (Å²) in [5, 5.41) is 2.73. The van der Waals surface area contributed by atoms with Crippen LogP contribution in [0.5, 0.6) is 5.75 Å². The molecule has 7 heteroatoms. The SMILES string of the molecule is Cc1cccc(O[C@@H](C)C(=O)NNC(=S)Nc2ccccc2F)c1C. The van der Waals surface area contributed by atoms with Crippen LogP contribution in [0.25, 0.3) is 0 Å². The zero-order valence-corrected chi connectivity index (χ0v) is 15.0. The van der Waals surface area contributed by atoms with E-state index in [2.05, 4.69) is 16.2 Å². The number of thiocarbonyl (C=S) groups is 1. The number of hydrogen-bond acceptors (Lipinski definition) is 3. The fraction of sp³-hybridized carbons (Fsp3) is 0.222. The highest BCUT2D eigenvalue weighted by Crippen LogP contribution is 2.21. The van der Waals surface area contributed by atoms with E-state index in [1.807, 2.05) is 32.0 Å². The standard InChI is InChI=1S/C18H20FN3O2S/c1-11-7-6-10-16(12(11)2)24-13(3)17(23)21-22-18(25)20-15-9-5-4-8-14(15)19/h4-10,13H,1-3H3,(H,21,23)(H2,20,22,25)/t13-/m0/s1. The molecule has 0 fully saturated rings. The molecular weight excluding hydrogens is 341 g/mol. The molecule has 0 unspecified atom stereocenters. The number of ether oxygens (including phenoxy) is 1. The molecule has 0 aliphatic rings. The summed E-state index contributed by atoms with van der Waals surface area (Å²) in [5.41, 5.74) is 7.24. The van der Waals surface area contributed by atoms with Crippen molar-refractivity contribution in [2.45, 2.75) is 26.9 Å². The summed E-state index contributed by atoms with van der Waals surface area (Å²) in [6, 6.07) is 11.7. The highest BCUT2D eigenvalue weighted by atomic mass is 32.1. The lowest BCUT2D eigenvalue weighted by Gasteiger charge is -2.18. The van der Waals surface area contributed by atoms with Crippen LogP contribution in [0.4, 0.5) is 10.1 Å². The number of rotatable bonds is 4. The first-order valence-electron chi connectivity index (χ1n) is 7.72. The van der Waals surface area contributed by atoms with E-state index in [0.717, 1.165) is 11.1 Å². The molecular formula is C18H20FN3O2S. The summed E-state index contributed by atoms with van der Waals surface area (Å²) in [7, 11) is 0. The van der Waals surface area contributed by atoms with Gasteiger partial charge in [0.15, 0.2) is 11.2 Å². The van der Waals surface area contributed by atoms with Gasteiger partial charge in [0.25, 0.3) is 5.91 Å². The van der Waals surface area contributed by atoms with Crippen molar-refractivity contribution < 1.29 is 13.9 Å². The van der Waals surface area contributed by atoms with Crippen LogP contribution >= 0.6 is 12.2 Å². The minimum absolute atomic E-state index is 0.0670. The third-order valence-corrected chi connectivity index (χ3v) is 3.85. The molecule has 0 saturated heterocycles. The maximum absolute atomic E-state index is 13.5. The molecule has 0 saturated carbocycles. The molecule has 1 amide bonds. The smallest absolute Gasteiger partial charge is 0.279 e. The third kappa shape index (κ3) is 5.15. The van der Waals surface area contributed by atoms with Crippen molar-refractivity contribution in [3.05, 3.63) is 59.4 Å². The quantitative estimate of drug-likeness (QED) is 0.576. The first-order chi connectivity index (χ1) is 11.9. The molecule has 0 bridgehead atoms. The van der Waals surface area contributed by atoms with Crippen molar-refractivity contribution >= 4 is 28.9 Å². The van der Waals surface area contributed by atoms with Gasteiger partial charge < -0.3 is 10.1 Å². The number of benzene rings is 2. The Morgan fingerprint density at radius 3 is 2.56 bits per heavy atom. The summed E-state index contributed by atoms with van der Waals surface area (Å²) in [6.45, 7) is 5.54. The molecule has 0 spiro atoms. The number of anilines is 1. The number of aryl methyl sites for hydroxylation is 1. The number of hydrazine groups is 1. The van der Waals surface area contributed by atoms with Gasteiger partial charge >= 0.3 is 0 Å². The molecule has 0 heterocycles. The summed E-state index contributed by atoms with van der Waals surface area (Å²) in [6.07, 6.45) is -0.732. The van der Waals surface area contributed by atoms with Crippen molar-refractivity contribution in [2.24, 2.45) is 0 Å². The predicted molar refractivity (Wildman–Crippen MR) is 99.9 cm³/mol. The summed E-state index contributed by atoms with van der Waals surface area (Å²) >= 11 is 5.02. The predicted octanol–water partition coefficient (Wildman–Crippen LogP) is 3.23. The van der Waals surface area contributed by atoms with Crippen molar-refractivity contribution in [3.63, 3.8) is 0 Å². The summed E-state index contributed by atoms with van der Waals surface area (Å²) < 4.78 is 19.2. The van der Waals surface area contributed by atoms with Crippen molar-refractivity contribution in [1.82, 2.24) is 10.9 Å². The highest BCUT2D eigenvalue weighted by Gasteiger charge is 2.16. The lowest BCUT2D eigenvalue weighted by molar-refractivity contribution is -0.127. The normalized spacial score (nSPS) is 11.4. The second-order valence-electron chi connectivity index (χ2n) is 5.51. The van der Waals surface area contributed by atoms with Crippen LogP contribution in [0, 0.1) is 19.7 Å². The van der Waals surface area contributed by atoms with Gasteiger partial charge in [-0.15, -0.1) is 0 Å². The molecule has 25 heavy (non-hydrogen) atoms. The summed E-state index contributed by atoms with van der Waals surface area (Å²) in [5.74, 6) is -0.196. The Hall–Kier alpha value is -2.67. The van der Waals surface area contributed by atoms with Crippen LogP contribution in [0.3, 0.4) is 0 Å². The average Bonchev–Trinajstić information content (AvgIpc) is 2.58. The Labute approximate surface area is 151 Å². The molecule has 2 aromatic rings. The Bertz CT molecular complexity index is 783. The monoisotopic (exact) mass is 361 g/mol. The van der Waals surface area contributed by atoms with E-state index in [9.17, 15) is 9.18 Å². The molecule has 0 aromatic heterocycles. The van der Waals surface area contributed by atoms with Crippen LogP contribution in [-0.4, -0.2) is 17.1 Å². The first-order valence-corrected chi connectivity index (χ1v) is 8.13. The number of para-hydroxylation sites is 1. The van der Waals surface area contributed by atoms with Crippen LogP contribution in [0.1, 0.15) is 18.1 Å². The third-order valence-electron chi connectivity index (χ3n) is 3.65. The fourth-order valence-electron chi connectivity index (χ4n) is 2.03. The van der Waals surface area contributed by atoms with E-state index < -0.39 is 17.8 Å². The second-order valence-corrected chi connectivity index (χ2v) is 5.91. The minimum atomic E-state index is -0.732. The maximum Gasteiger partial charge on any atom is 0.279 e.